The molecular formula is C30H19N5. The number of benzene rings is 3. The molecule has 0 aliphatic carbocycles. The molecule has 35 heavy (non-hydrogen) atoms. The van der Waals surface area contributed by atoms with Crippen LogP contribution < -0.4 is 0 Å². The molecule has 7 aromatic rings. The molecule has 0 radical (unpaired) electrons. The normalized spacial score (nSPS) is 11.4. The van der Waals surface area contributed by atoms with Crippen molar-refractivity contribution >= 4 is 32.6 Å². The summed E-state index contributed by atoms with van der Waals surface area (Å²) in [4.78, 5) is 18.6. The number of rotatable bonds is 3. The van der Waals surface area contributed by atoms with Crippen molar-refractivity contribution in [1.82, 2.24) is 24.5 Å². The van der Waals surface area contributed by atoms with E-state index in [0.717, 1.165) is 60.9 Å². The Morgan fingerprint density at radius 3 is 2.11 bits per heavy atom. The van der Waals surface area contributed by atoms with Crippen molar-refractivity contribution in [1.29, 1.82) is 0 Å². The zero-order chi connectivity index (χ0) is 23.2. The van der Waals surface area contributed by atoms with Crippen LogP contribution >= 0.6 is 0 Å². The van der Waals surface area contributed by atoms with Gasteiger partial charge in [0.1, 0.15) is 5.82 Å². The number of nitrogens with zero attached hydrogens (tertiary/aromatic N) is 5. The molecule has 164 valence electrons. The maximum absolute atomic E-state index is 5.24. The molecule has 0 aliphatic heterocycles. The third kappa shape index (κ3) is 3.09. The Hall–Kier alpha value is -4.90. The zero-order valence-corrected chi connectivity index (χ0v) is 18.7. The van der Waals surface area contributed by atoms with Crippen molar-refractivity contribution < 1.29 is 0 Å². The fourth-order valence-corrected chi connectivity index (χ4v) is 4.86. The molecule has 5 heteroatoms. The van der Waals surface area contributed by atoms with Crippen molar-refractivity contribution in [2.45, 2.75) is 0 Å². The van der Waals surface area contributed by atoms with Crippen molar-refractivity contribution in [3.05, 3.63) is 116 Å². The van der Waals surface area contributed by atoms with Gasteiger partial charge in [-0.2, -0.15) is 0 Å². The standard InChI is InChI=1S/C30H19N5/c1-2-7-20(8-3-1)30-34-28-23-12-15-31-18-25(23)26-19-32-16-13-24(26)29(28)35(30)22-10-6-9-21(17-22)27-11-4-5-14-33-27/h1-19H. The van der Waals surface area contributed by atoms with Crippen LogP contribution in [-0.4, -0.2) is 24.5 Å². The lowest BCUT2D eigenvalue weighted by Crippen LogP contribution is -1.99. The highest BCUT2D eigenvalue weighted by Gasteiger charge is 2.20. The lowest BCUT2D eigenvalue weighted by atomic mass is 10.0. The maximum atomic E-state index is 5.24. The summed E-state index contributed by atoms with van der Waals surface area (Å²) >= 11 is 0. The summed E-state index contributed by atoms with van der Waals surface area (Å²) in [7, 11) is 0. The molecule has 0 bridgehead atoms. The molecule has 7 rings (SSSR count). The van der Waals surface area contributed by atoms with E-state index in [-0.39, 0.29) is 0 Å². The van der Waals surface area contributed by atoms with Gasteiger partial charge in [0.15, 0.2) is 0 Å². The summed E-state index contributed by atoms with van der Waals surface area (Å²) in [5.74, 6) is 0.890. The molecule has 4 heterocycles. The van der Waals surface area contributed by atoms with Gasteiger partial charge in [-0.25, -0.2) is 4.98 Å². The molecule has 0 N–H and O–H groups in total. The van der Waals surface area contributed by atoms with Gasteiger partial charge in [-0.05, 0) is 36.4 Å². The second-order valence-electron chi connectivity index (χ2n) is 8.44. The highest BCUT2D eigenvalue weighted by atomic mass is 15.1. The molecule has 0 amide bonds. The highest BCUT2D eigenvalue weighted by molar-refractivity contribution is 6.23. The van der Waals surface area contributed by atoms with E-state index in [1.807, 2.05) is 73.4 Å². The average molecular weight is 450 g/mol. The number of hydrogen-bond donors (Lipinski definition) is 0. The fourth-order valence-electron chi connectivity index (χ4n) is 4.86. The summed E-state index contributed by atoms with van der Waals surface area (Å²) < 4.78 is 2.26. The monoisotopic (exact) mass is 449 g/mol. The van der Waals surface area contributed by atoms with Gasteiger partial charge in [0.25, 0.3) is 0 Å². The van der Waals surface area contributed by atoms with Gasteiger partial charge in [-0.1, -0.05) is 48.5 Å². The first-order chi connectivity index (χ1) is 17.4. The Bertz CT molecular complexity index is 1840. The Labute approximate surface area is 201 Å². The quantitative estimate of drug-likeness (QED) is 0.277. The van der Waals surface area contributed by atoms with Crippen LogP contribution in [0.4, 0.5) is 0 Å². The van der Waals surface area contributed by atoms with Crippen LogP contribution in [0.5, 0.6) is 0 Å². The molecule has 5 nitrogen and oxygen atoms in total. The third-order valence-corrected chi connectivity index (χ3v) is 6.42. The van der Waals surface area contributed by atoms with Crippen molar-refractivity contribution in [2.24, 2.45) is 0 Å². The van der Waals surface area contributed by atoms with E-state index in [4.69, 9.17) is 4.98 Å². The highest BCUT2D eigenvalue weighted by Crippen LogP contribution is 2.38. The van der Waals surface area contributed by atoms with E-state index >= 15 is 0 Å². The minimum Gasteiger partial charge on any atom is -0.292 e. The SMILES string of the molecule is c1ccc(-c2nc3c4ccncc4c4cnccc4c3n2-c2cccc(-c3ccccn3)c2)cc1. The van der Waals surface area contributed by atoms with Crippen LogP contribution in [-0.2, 0) is 0 Å². The van der Waals surface area contributed by atoms with Crippen LogP contribution in [0.15, 0.2) is 116 Å². The van der Waals surface area contributed by atoms with Gasteiger partial charge in [0, 0.05) is 69.3 Å². The van der Waals surface area contributed by atoms with E-state index in [0.29, 0.717) is 0 Å². The predicted molar refractivity (Wildman–Crippen MR) is 140 cm³/mol. The second-order valence-corrected chi connectivity index (χ2v) is 8.44. The first-order valence-electron chi connectivity index (χ1n) is 11.5. The van der Waals surface area contributed by atoms with Crippen molar-refractivity contribution in [3.63, 3.8) is 0 Å². The molecule has 0 unspecified atom stereocenters. The van der Waals surface area contributed by atoms with Gasteiger partial charge in [0.05, 0.1) is 16.7 Å². The molecule has 4 aromatic heterocycles. The Morgan fingerprint density at radius 1 is 0.571 bits per heavy atom. The minimum absolute atomic E-state index is 0.890. The number of aromatic nitrogens is 5. The molecule has 0 spiro atoms. The van der Waals surface area contributed by atoms with E-state index < -0.39 is 0 Å². The third-order valence-electron chi connectivity index (χ3n) is 6.42. The van der Waals surface area contributed by atoms with Gasteiger partial charge < -0.3 is 0 Å². The average Bonchev–Trinajstić information content (AvgIpc) is 3.36. The van der Waals surface area contributed by atoms with Crippen LogP contribution in [0.1, 0.15) is 0 Å². The zero-order valence-electron chi connectivity index (χ0n) is 18.7. The van der Waals surface area contributed by atoms with E-state index in [1.165, 1.54) is 0 Å². The molecule has 0 atom stereocenters. The number of fused-ring (bicyclic) bond motifs is 6. The summed E-state index contributed by atoms with van der Waals surface area (Å²) in [6.07, 6.45) is 9.32. The summed E-state index contributed by atoms with van der Waals surface area (Å²) in [5, 5.41) is 4.26. The largest absolute Gasteiger partial charge is 0.292 e. The molecule has 0 saturated heterocycles. The second kappa shape index (κ2) is 7.85. The van der Waals surface area contributed by atoms with Crippen LogP contribution in [0, 0.1) is 0 Å². The van der Waals surface area contributed by atoms with Gasteiger partial charge >= 0.3 is 0 Å². The molecule has 0 saturated carbocycles. The summed E-state index contributed by atoms with van der Waals surface area (Å²) in [6, 6.07) is 28.9. The molecule has 0 fully saturated rings. The van der Waals surface area contributed by atoms with Crippen LogP contribution in [0.3, 0.4) is 0 Å². The number of imidazole rings is 1. The summed E-state index contributed by atoms with van der Waals surface area (Å²) in [5.41, 5.74) is 6.07. The smallest absolute Gasteiger partial charge is 0.145 e. The first kappa shape index (κ1) is 19.6. The topological polar surface area (TPSA) is 56.5 Å². The van der Waals surface area contributed by atoms with Crippen molar-refractivity contribution in [3.8, 4) is 28.3 Å². The fraction of sp³-hybridized carbons (Fsp3) is 0. The maximum Gasteiger partial charge on any atom is 0.145 e. The minimum atomic E-state index is 0.890. The lowest BCUT2D eigenvalue weighted by Gasteiger charge is -2.13. The van der Waals surface area contributed by atoms with Gasteiger partial charge in [-0.15, -0.1) is 0 Å². The number of hydrogen-bond acceptors (Lipinski definition) is 4. The first-order valence-corrected chi connectivity index (χ1v) is 11.5. The van der Waals surface area contributed by atoms with E-state index in [9.17, 15) is 0 Å². The molecular weight excluding hydrogens is 430 g/mol. The lowest BCUT2D eigenvalue weighted by molar-refractivity contribution is 1.10. The Balaban J connectivity index is 1.65. The molecule has 0 aliphatic rings. The van der Waals surface area contributed by atoms with Gasteiger partial charge in [0.2, 0.25) is 0 Å². The van der Waals surface area contributed by atoms with Crippen LogP contribution in [0.25, 0.3) is 60.9 Å². The van der Waals surface area contributed by atoms with E-state index in [2.05, 4.69) is 62.0 Å². The number of pyridine rings is 3. The van der Waals surface area contributed by atoms with E-state index in [1.54, 1.807) is 0 Å². The Kier molecular flexibility index (Phi) is 4.39. The molecule has 3 aromatic carbocycles. The van der Waals surface area contributed by atoms with Crippen LogP contribution in [0.2, 0.25) is 0 Å². The van der Waals surface area contributed by atoms with Crippen molar-refractivity contribution in [2.75, 3.05) is 0 Å². The predicted octanol–water partition coefficient (Wildman–Crippen LogP) is 6.85. The Morgan fingerprint density at radius 2 is 1.31 bits per heavy atom. The summed E-state index contributed by atoms with van der Waals surface area (Å²) in [6.45, 7) is 0. The van der Waals surface area contributed by atoms with Gasteiger partial charge in [-0.3, -0.25) is 19.5 Å².